The SMILES string of the molecule is CCN(CC)CCNC(=O)c1c(C)[nH]c(/C=C2\C(=O)Nc3c2cccc3-c2cncnc2)c1C. The summed E-state index contributed by atoms with van der Waals surface area (Å²) in [6.45, 7) is 11.3. The third kappa shape index (κ3) is 4.49. The zero-order valence-corrected chi connectivity index (χ0v) is 20.0. The van der Waals surface area contributed by atoms with Crippen LogP contribution in [-0.2, 0) is 4.79 Å². The minimum Gasteiger partial charge on any atom is -0.358 e. The number of carbonyl (C=O) groups is 2. The fourth-order valence-corrected chi connectivity index (χ4v) is 4.40. The van der Waals surface area contributed by atoms with Crippen molar-refractivity contribution in [3.63, 3.8) is 0 Å². The summed E-state index contributed by atoms with van der Waals surface area (Å²) in [5, 5.41) is 6.01. The van der Waals surface area contributed by atoms with Gasteiger partial charge < -0.3 is 20.5 Å². The molecule has 1 aliphatic rings. The van der Waals surface area contributed by atoms with Gasteiger partial charge in [-0.15, -0.1) is 0 Å². The van der Waals surface area contributed by atoms with Crippen molar-refractivity contribution < 1.29 is 9.59 Å². The lowest BCUT2D eigenvalue weighted by Gasteiger charge is -2.18. The normalized spacial score (nSPS) is 13.9. The summed E-state index contributed by atoms with van der Waals surface area (Å²) < 4.78 is 0. The van der Waals surface area contributed by atoms with Gasteiger partial charge in [0.2, 0.25) is 0 Å². The van der Waals surface area contributed by atoms with Crippen LogP contribution in [0.25, 0.3) is 22.8 Å². The number of aromatic nitrogens is 3. The lowest BCUT2D eigenvalue weighted by Crippen LogP contribution is -2.35. The highest BCUT2D eigenvalue weighted by molar-refractivity contribution is 6.36. The first-order chi connectivity index (χ1) is 16.4. The maximum atomic E-state index is 12.9. The molecule has 3 N–H and O–H groups in total. The van der Waals surface area contributed by atoms with E-state index in [4.69, 9.17) is 0 Å². The Balaban J connectivity index is 1.62. The number of benzene rings is 1. The molecule has 0 saturated carbocycles. The average Bonchev–Trinajstić information content (AvgIpc) is 3.31. The van der Waals surface area contributed by atoms with Crippen LogP contribution in [0.3, 0.4) is 0 Å². The van der Waals surface area contributed by atoms with Crippen molar-refractivity contribution in [2.45, 2.75) is 27.7 Å². The van der Waals surface area contributed by atoms with E-state index in [-0.39, 0.29) is 11.8 Å². The van der Waals surface area contributed by atoms with E-state index in [1.807, 2.05) is 38.1 Å². The van der Waals surface area contributed by atoms with Gasteiger partial charge in [0.15, 0.2) is 0 Å². The van der Waals surface area contributed by atoms with Crippen molar-refractivity contribution in [3.05, 3.63) is 65.0 Å². The van der Waals surface area contributed by atoms with Gasteiger partial charge in [0, 0.05) is 53.6 Å². The number of amides is 2. The second kappa shape index (κ2) is 10.0. The minimum absolute atomic E-state index is 0.106. The zero-order valence-electron chi connectivity index (χ0n) is 20.0. The second-order valence-corrected chi connectivity index (χ2v) is 8.31. The Bertz CT molecular complexity index is 1240. The highest BCUT2D eigenvalue weighted by Crippen LogP contribution is 2.40. The number of aryl methyl sites for hydroxylation is 1. The number of anilines is 1. The van der Waals surface area contributed by atoms with Crippen LogP contribution in [0.2, 0.25) is 0 Å². The van der Waals surface area contributed by atoms with Crippen molar-refractivity contribution in [3.8, 4) is 11.1 Å². The van der Waals surface area contributed by atoms with E-state index >= 15 is 0 Å². The van der Waals surface area contributed by atoms with Gasteiger partial charge in [0.05, 0.1) is 16.8 Å². The molecule has 34 heavy (non-hydrogen) atoms. The molecule has 8 heteroatoms. The molecule has 0 bridgehead atoms. The highest BCUT2D eigenvalue weighted by atomic mass is 16.2. The molecule has 8 nitrogen and oxygen atoms in total. The Labute approximate surface area is 199 Å². The molecule has 0 radical (unpaired) electrons. The molecule has 176 valence electrons. The standard InChI is InChI=1S/C26H30N6O2/c1-5-32(6-2)11-10-29-26(34)23-16(3)22(30-17(23)4)12-21-20-9-7-8-19(24(20)31-25(21)33)18-13-27-15-28-14-18/h7-9,12-15,30H,5-6,10-11H2,1-4H3,(H,29,34)(H,31,33)/b21-12-. The summed E-state index contributed by atoms with van der Waals surface area (Å²) in [5.41, 5.74) is 6.76. The quantitative estimate of drug-likeness (QED) is 0.447. The first-order valence-electron chi connectivity index (χ1n) is 11.6. The van der Waals surface area contributed by atoms with Crippen LogP contribution >= 0.6 is 0 Å². The summed E-state index contributed by atoms with van der Waals surface area (Å²) >= 11 is 0. The van der Waals surface area contributed by atoms with Crippen LogP contribution in [0, 0.1) is 13.8 Å². The lowest BCUT2D eigenvalue weighted by atomic mass is 9.99. The minimum atomic E-state index is -0.184. The molecule has 3 aromatic rings. The van der Waals surface area contributed by atoms with Crippen molar-refractivity contribution in [1.82, 2.24) is 25.2 Å². The number of nitrogens with one attached hydrogen (secondary N) is 3. The molecule has 0 unspecified atom stereocenters. The Morgan fingerprint density at radius 3 is 2.53 bits per heavy atom. The lowest BCUT2D eigenvalue weighted by molar-refractivity contribution is -0.110. The number of likely N-dealkylation sites (N-methyl/N-ethyl adjacent to an activating group) is 1. The molecule has 2 amide bonds. The highest BCUT2D eigenvalue weighted by Gasteiger charge is 2.28. The zero-order chi connectivity index (χ0) is 24.2. The number of H-pyrrole nitrogens is 1. The molecule has 0 atom stereocenters. The van der Waals surface area contributed by atoms with Gasteiger partial charge in [0.25, 0.3) is 11.8 Å². The summed E-state index contributed by atoms with van der Waals surface area (Å²) in [6, 6.07) is 5.76. The Morgan fingerprint density at radius 2 is 1.82 bits per heavy atom. The molecule has 0 fully saturated rings. The van der Waals surface area contributed by atoms with Crippen molar-refractivity contribution in [2.24, 2.45) is 0 Å². The molecular formula is C26H30N6O2. The van der Waals surface area contributed by atoms with Crippen LogP contribution in [0.15, 0.2) is 36.9 Å². The molecule has 2 aromatic heterocycles. The van der Waals surface area contributed by atoms with E-state index in [1.165, 1.54) is 6.33 Å². The Hall–Kier alpha value is -3.78. The summed E-state index contributed by atoms with van der Waals surface area (Å²) in [5.74, 6) is -0.290. The Morgan fingerprint density at radius 1 is 1.12 bits per heavy atom. The number of carbonyl (C=O) groups excluding carboxylic acids is 2. The fourth-order valence-electron chi connectivity index (χ4n) is 4.40. The van der Waals surface area contributed by atoms with Crippen LogP contribution in [0.5, 0.6) is 0 Å². The predicted octanol–water partition coefficient (Wildman–Crippen LogP) is 3.65. The van der Waals surface area contributed by atoms with Crippen LogP contribution < -0.4 is 10.6 Å². The van der Waals surface area contributed by atoms with E-state index in [9.17, 15) is 9.59 Å². The van der Waals surface area contributed by atoms with Gasteiger partial charge in [-0.25, -0.2) is 9.97 Å². The molecule has 0 aliphatic carbocycles. The van der Waals surface area contributed by atoms with Gasteiger partial charge in [-0.05, 0) is 38.6 Å². The number of aromatic amines is 1. The van der Waals surface area contributed by atoms with Crippen molar-refractivity contribution in [2.75, 3.05) is 31.5 Å². The van der Waals surface area contributed by atoms with E-state index in [0.29, 0.717) is 17.7 Å². The molecule has 0 saturated heterocycles. The average molecular weight is 459 g/mol. The van der Waals surface area contributed by atoms with Crippen molar-refractivity contribution in [1.29, 1.82) is 0 Å². The third-order valence-electron chi connectivity index (χ3n) is 6.31. The molecule has 1 aliphatic heterocycles. The molecule has 1 aromatic carbocycles. The summed E-state index contributed by atoms with van der Waals surface area (Å²) in [6.07, 6.45) is 6.74. The number of hydrogen-bond acceptors (Lipinski definition) is 5. The monoisotopic (exact) mass is 458 g/mol. The molecule has 4 rings (SSSR count). The van der Waals surface area contributed by atoms with Gasteiger partial charge in [-0.1, -0.05) is 32.0 Å². The largest absolute Gasteiger partial charge is 0.358 e. The number of hydrogen-bond donors (Lipinski definition) is 3. The van der Waals surface area contributed by atoms with Crippen LogP contribution in [-0.4, -0.2) is 57.8 Å². The van der Waals surface area contributed by atoms with Crippen LogP contribution in [0.4, 0.5) is 5.69 Å². The van der Waals surface area contributed by atoms with Gasteiger partial charge in [0.1, 0.15) is 6.33 Å². The number of rotatable bonds is 8. The van der Waals surface area contributed by atoms with E-state index in [2.05, 4.69) is 44.3 Å². The first-order valence-corrected chi connectivity index (χ1v) is 11.6. The maximum Gasteiger partial charge on any atom is 0.256 e. The number of nitrogens with zero attached hydrogens (tertiary/aromatic N) is 3. The Kier molecular flexibility index (Phi) is 6.88. The van der Waals surface area contributed by atoms with Crippen LogP contribution in [0.1, 0.15) is 46.7 Å². The molecular weight excluding hydrogens is 428 g/mol. The predicted molar refractivity (Wildman–Crippen MR) is 134 cm³/mol. The summed E-state index contributed by atoms with van der Waals surface area (Å²) in [4.78, 5) is 39.5. The molecule has 0 spiro atoms. The summed E-state index contributed by atoms with van der Waals surface area (Å²) in [7, 11) is 0. The van der Waals surface area contributed by atoms with E-state index in [0.717, 1.165) is 59.0 Å². The van der Waals surface area contributed by atoms with E-state index in [1.54, 1.807) is 12.4 Å². The smallest absolute Gasteiger partial charge is 0.256 e. The van der Waals surface area contributed by atoms with Gasteiger partial charge in [-0.3, -0.25) is 9.59 Å². The first kappa shape index (κ1) is 23.4. The molecule has 3 heterocycles. The maximum absolute atomic E-state index is 12.9. The second-order valence-electron chi connectivity index (χ2n) is 8.31. The van der Waals surface area contributed by atoms with Gasteiger partial charge in [-0.2, -0.15) is 0 Å². The topological polar surface area (TPSA) is 103 Å². The fraction of sp³-hybridized carbons (Fsp3) is 0.308. The number of fused-ring (bicyclic) bond motifs is 1. The third-order valence-corrected chi connectivity index (χ3v) is 6.31. The van der Waals surface area contributed by atoms with Gasteiger partial charge >= 0.3 is 0 Å². The van der Waals surface area contributed by atoms with E-state index < -0.39 is 0 Å². The number of para-hydroxylation sites is 1. The van der Waals surface area contributed by atoms with Crippen molar-refractivity contribution >= 4 is 29.2 Å².